The summed E-state index contributed by atoms with van der Waals surface area (Å²) in [5.41, 5.74) is 0.454. The van der Waals surface area contributed by atoms with Gasteiger partial charge in [0, 0.05) is 5.56 Å². The zero-order valence-corrected chi connectivity index (χ0v) is 11.4. The van der Waals surface area contributed by atoms with Gasteiger partial charge in [0.05, 0.1) is 7.11 Å². The van der Waals surface area contributed by atoms with Gasteiger partial charge in [0.15, 0.2) is 5.92 Å². The number of aliphatic hydroxyl groups is 1. The number of hydrogen-bond donors (Lipinski definition) is 1. The predicted octanol–water partition coefficient (Wildman–Crippen LogP) is 4.09. The molecule has 1 N–H and O–H groups in total. The molecule has 0 saturated heterocycles. The van der Waals surface area contributed by atoms with Crippen molar-refractivity contribution in [2.75, 3.05) is 7.11 Å². The molecule has 0 heterocycles. The fourth-order valence-electron chi connectivity index (χ4n) is 2.04. The van der Waals surface area contributed by atoms with E-state index < -0.39 is 29.9 Å². The van der Waals surface area contributed by atoms with E-state index in [1.54, 1.807) is 6.92 Å². The Balaban J connectivity index is 3.41. The van der Waals surface area contributed by atoms with Crippen LogP contribution >= 0.6 is 0 Å². The molecule has 0 spiro atoms. The van der Waals surface area contributed by atoms with Crippen LogP contribution in [0, 0.1) is 19.8 Å². The second kappa shape index (κ2) is 5.75. The lowest BCUT2D eigenvalue weighted by atomic mass is 9.91. The molecule has 0 aliphatic heterocycles. The maximum absolute atomic E-state index is 12.6. The lowest BCUT2D eigenvalue weighted by molar-refractivity contribution is -0.307. The van der Waals surface area contributed by atoms with Crippen molar-refractivity contribution < 1.29 is 36.2 Å². The Hall–Kier alpha value is -1.44. The van der Waals surface area contributed by atoms with Gasteiger partial charge in [-0.15, -0.1) is 0 Å². The van der Waals surface area contributed by atoms with E-state index in [1.807, 2.05) is 0 Å². The molecule has 21 heavy (non-hydrogen) atoms. The fraction of sp³-hybridized carbons (Fsp3) is 0.538. The monoisotopic (exact) mass is 316 g/mol. The molecule has 1 rings (SSSR count). The summed E-state index contributed by atoms with van der Waals surface area (Å²) in [5.74, 6) is -4.05. The molecule has 1 atom stereocenters. The molecule has 1 aromatic rings. The quantitative estimate of drug-likeness (QED) is 0.851. The first-order chi connectivity index (χ1) is 9.41. The van der Waals surface area contributed by atoms with Crippen molar-refractivity contribution in [2.24, 2.45) is 5.92 Å². The SMILES string of the molecule is COc1c(C(O)C(C(F)(F)F)C(F)(F)F)ccc(C)c1C. The summed E-state index contributed by atoms with van der Waals surface area (Å²) in [7, 11) is 1.12. The van der Waals surface area contributed by atoms with Crippen LogP contribution in [0.1, 0.15) is 22.8 Å². The van der Waals surface area contributed by atoms with Gasteiger partial charge in [-0.3, -0.25) is 0 Å². The van der Waals surface area contributed by atoms with Gasteiger partial charge in [-0.05, 0) is 25.0 Å². The maximum Gasteiger partial charge on any atom is 0.403 e. The van der Waals surface area contributed by atoms with Crippen LogP contribution in [0.4, 0.5) is 26.3 Å². The molecular formula is C13H14F6O2. The Morgan fingerprint density at radius 1 is 1.00 bits per heavy atom. The Morgan fingerprint density at radius 3 is 1.86 bits per heavy atom. The van der Waals surface area contributed by atoms with Crippen LogP contribution in [-0.4, -0.2) is 24.6 Å². The number of ether oxygens (including phenoxy) is 1. The Morgan fingerprint density at radius 2 is 1.48 bits per heavy atom. The molecule has 0 radical (unpaired) electrons. The van der Waals surface area contributed by atoms with E-state index in [9.17, 15) is 31.4 Å². The molecule has 2 nitrogen and oxygen atoms in total. The van der Waals surface area contributed by atoms with E-state index in [2.05, 4.69) is 0 Å². The average molecular weight is 316 g/mol. The summed E-state index contributed by atoms with van der Waals surface area (Å²) in [4.78, 5) is 0. The first-order valence-electron chi connectivity index (χ1n) is 5.86. The van der Waals surface area contributed by atoms with Crippen LogP contribution in [0.25, 0.3) is 0 Å². The number of aliphatic hydroxyl groups excluding tert-OH is 1. The van der Waals surface area contributed by atoms with E-state index >= 15 is 0 Å². The summed E-state index contributed by atoms with van der Waals surface area (Å²) in [5, 5.41) is 9.66. The molecule has 1 aromatic carbocycles. The van der Waals surface area contributed by atoms with Crippen molar-refractivity contribution in [2.45, 2.75) is 32.3 Å². The largest absolute Gasteiger partial charge is 0.496 e. The highest BCUT2D eigenvalue weighted by molar-refractivity contribution is 5.46. The average Bonchev–Trinajstić information content (AvgIpc) is 2.28. The molecule has 0 fully saturated rings. The Bertz CT molecular complexity index is 493. The Labute approximate surface area is 117 Å². The normalized spacial score (nSPS) is 14.4. The minimum absolute atomic E-state index is 0.180. The third kappa shape index (κ3) is 3.61. The molecule has 120 valence electrons. The summed E-state index contributed by atoms with van der Waals surface area (Å²) in [6.07, 6.45) is -14.0. The molecule has 8 heteroatoms. The summed E-state index contributed by atoms with van der Waals surface area (Å²) < 4.78 is 80.7. The van der Waals surface area contributed by atoms with Gasteiger partial charge in [0.1, 0.15) is 11.9 Å². The van der Waals surface area contributed by atoms with Crippen molar-refractivity contribution in [3.8, 4) is 5.75 Å². The number of halogens is 6. The van der Waals surface area contributed by atoms with Gasteiger partial charge in [0.25, 0.3) is 0 Å². The highest BCUT2D eigenvalue weighted by atomic mass is 19.4. The number of aryl methyl sites for hydroxylation is 1. The third-order valence-electron chi connectivity index (χ3n) is 3.25. The van der Waals surface area contributed by atoms with Gasteiger partial charge in [0.2, 0.25) is 0 Å². The third-order valence-corrected chi connectivity index (χ3v) is 3.25. The van der Waals surface area contributed by atoms with E-state index in [0.717, 1.165) is 13.2 Å². The van der Waals surface area contributed by atoms with Gasteiger partial charge in [-0.25, -0.2) is 0 Å². The first-order valence-corrected chi connectivity index (χ1v) is 5.86. The van der Waals surface area contributed by atoms with E-state index in [-0.39, 0.29) is 5.75 Å². The molecule has 0 aromatic heterocycles. The minimum atomic E-state index is -5.62. The van der Waals surface area contributed by atoms with Crippen LogP contribution in [0.2, 0.25) is 0 Å². The number of hydrogen-bond acceptors (Lipinski definition) is 2. The number of methoxy groups -OCH3 is 1. The second-order valence-corrected chi connectivity index (χ2v) is 4.64. The summed E-state index contributed by atoms with van der Waals surface area (Å²) >= 11 is 0. The zero-order valence-electron chi connectivity index (χ0n) is 11.4. The standard InChI is InChI=1S/C13H14F6O2/c1-6-4-5-8(10(21-3)7(6)2)9(20)11(12(14,15)16)13(17,18)19/h4-5,9,11,20H,1-3H3. The van der Waals surface area contributed by atoms with Crippen molar-refractivity contribution in [1.29, 1.82) is 0 Å². The van der Waals surface area contributed by atoms with Gasteiger partial charge in [-0.1, -0.05) is 12.1 Å². The van der Waals surface area contributed by atoms with Gasteiger partial charge in [-0.2, -0.15) is 26.3 Å². The number of rotatable bonds is 3. The van der Waals surface area contributed by atoms with Crippen molar-refractivity contribution >= 4 is 0 Å². The molecule has 0 bridgehead atoms. The fourth-order valence-corrected chi connectivity index (χ4v) is 2.04. The smallest absolute Gasteiger partial charge is 0.403 e. The molecule has 0 aliphatic rings. The molecule has 0 aliphatic carbocycles. The van der Waals surface area contributed by atoms with Crippen molar-refractivity contribution in [1.82, 2.24) is 0 Å². The van der Waals surface area contributed by atoms with Gasteiger partial charge >= 0.3 is 12.4 Å². The lowest BCUT2D eigenvalue weighted by Crippen LogP contribution is -2.41. The molecule has 0 amide bonds. The predicted molar refractivity (Wildman–Crippen MR) is 63.0 cm³/mol. The van der Waals surface area contributed by atoms with Gasteiger partial charge < -0.3 is 9.84 Å². The highest BCUT2D eigenvalue weighted by Gasteiger charge is 2.60. The molecule has 1 unspecified atom stereocenters. The first kappa shape index (κ1) is 17.6. The van der Waals surface area contributed by atoms with Crippen LogP contribution in [0.3, 0.4) is 0 Å². The molecular weight excluding hydrogens is 302 g/mol. The summed E-state index contributed by atoms with van der Waals surface area (Å²) in [6, 6.07) is 2.34. The number of benzene rings is 1. The Kier molecular flexibility index (Phi) is 4.82. The van der Waals surface area contributed by atoms with Crippen LogP contribution < -0.4 is 4.74 Å². The zero-order chi connectivity index (χ0) is 16.6. The van der Waals surface area contributed by atoms with Crippen LogP contribution in [0.15, 0.2) is 12.1 Å². The van der Waals surface area contributed by atoms with Crippen LogP contribution in [-0.2, 0) is 0 Å². The maximum atomic E-state index is 12.6. The van der Waals surface area contributed by atoms with E-state index in [1.165, 1.54) is 13.0 Å². The number of alkyl halides is 6. The topological polar surface area (TPSA) is 29.5 Å². The lowest BCUT2D eigenvalue weighted by Gasteiger charge is -2.29. The van der Waals surface area contributed by atoms with Crippen LogP contribution in [0.5, 0.6) is 5.75 Å². The molecule has 0 saturated carbocycles. The van der Waals surface area contributed by atoms with Crippen molar-refractivity contribution in [3.63, 3.8) is 0 Å². The minimum Gasteiger partial charge on any atom is -0.496 e. The van der Waals surface area contributed by atoms with E-state index in [0.29, 0.717) is 11.1 Å². The van der Waals surface area contributed by atoms with Crippen molar-refractivity contribution in [3.05, 3.63) is 28.8 Å². The van der Waals surface area contributed by atoms with E-state index in [4.69, 9.17) is 4.74 Å². The second-order valence-electron chi connectivity index (χ2n) is 4.64. The summed E-state index contributed by atoms with van der Waals surface area (Å²) in [6.45, 7) is 3.11. The highest BCUT2D eigenvalue weighted by Crippen LogP contribution is 2.48.